The number of anilines is 1. The first kappa shape index (κ1) is 25.5. The van der Waals surface area contributed by atoms with Crippen LogP contribution in [0.1, 0.15) is 32.9 Å². The van der Waals surface area contributed by atoms with Crippen molar-refractivity contribution < 1.29 is 4.79 Å². The van der Waals surface area contributed by atoms with Gasteiger partial charge in [0.05, 0.1) is 28.2 Å². The standard InChI is InChI=1S/C30H29ClN6O/c1-19-4-8-22(31)18-25(19)29-27(30(32)38)24(28(35-29)26-12-13-33-20(2)34-26)11-7-21-5-9-23(10-6-21)37-16-14-36(3)15-17-37/h4-6,8-10,12-13,18,35H,14-17H2,1-3H3,(H2,32,38). The number of aromatic amines is 1. The molecule has 7 nitrogen and oxygen atoms in total. The van der Waals surface area contributed by atoms with E-state index in [1.807, 2.05) is 44.2 Å². The smallest absolute Gasteiger partial charge is 0.252 e. The van der Waals surface area contributed by atoms with Crippen molar-refractivity contribution in [2.75, 3.05) is 38.1 Å². The van der Waals surface area contributed by atoms with E-state index in [-0.39, 0.29) is 0 Å². The first-order valence-electron chi connectivity index (χ1n) is 12.5. The fourth-order valence-electron chi connectivity index (χ4n) is 4.68. The third-order valence-electron chi connectivity index (χ3n) is 6.82. The van der Waals surface area contributed by atoms with E-state index in [9.17, 15) is 4.79 Å². The highest BCUT2D eigenvalue weighted by Crippen LogP contribution is 2.35. The van der Waals surface area contributed by atoms with Gasteiger partial charge in [-0.3, -0.25) is 4.79 Å². The summed E-state index contributed by atoms with van der Waals surface area (Å²) >= 11 is 6.32. The number of nitrogens with zero attached hydrogens (tertiary/aromatic N) is 4. The quantitative estimate of drug-likeness (QED) is 0.379. The van der Waals surface area contributed by atoms with Gasteiger partial charge in [0, 0.05) is 54.2 Å². The van der Waals surface area contributed by atoms with E-state index in [4.69, 9.17) is 17.3 Å². The molecule has 192 valence electrons. The summed E-state index contributed by atoms with van der Waals surface area (Å²) < 4.78 is 0. The first-order valence-corrected chi connectivity index (χ1v) is 12.9. The molecule has 1 fully saturated rings. The Morgan fingerprint density at radius 3 is 2.42 bits per heavy atom. The lowest BCUT2D eigenvalue weighted by Gasteiger charge is -2.34. The number of aryl methyl sites for hydroxylation is 2. The predicted octanol–water partition coefficient (Wildman–Crippen LogP) is 4.66. The molecule has 3 N–H and O–H groups in total. The van der Waals surface area contributed by atoms with Crippen LogP contribution in [0.3, 0.4) is 0 Å². The highest BCUT2D eigenvalue weighted by atomic mass is 35.5. The summed E-state index contributed by atoms with van der Waals surface area (Å²) in [5, 5.41) is 0.558. The molecule has 0 saturated carbocycles. The summed E-state index contributed by atoms with van der Waals surface area (Å²) in [6.45, 7) is 7.87. The predicted molar refractivity (Wildman–Crippen MR) is 152 cm³/mol. The molecule has 8 heteroatoms. The number of likely N-dealkylation sites (N-methyl/N-ethyl adjacent to an activating group) is 1. The summed E-state index contributed by atoms with van der Waals surface area (Å²) in [4.78, 5) is 29.7. The summed E-state index contributed by atoms with van der Waals surface area (Å²) in [7, 11) is 2.15. The molecule has 0 spiro atoms. The molecular weight excluding hydrogens is 496 g/mol. The maximum atomic E-state index is 12.8. The van der Waals surface area contributed by atoms with E-state index in [2.05, 4.69) is 55.8 Å². The number of hydrogen-bond donors (Lipinski definition) is 2. The topological polar surface area (TPSA) is 91.1 Å². The number of nitrogens with one attached hydrogen (secondary N) is 1. The van der Waals surface area contributed by atoms with Gasteiger partial charge >= 0.3 is 0 Å². The molecule has 0 unspecified atom stereocenters. The van der Waals surface area contributed by atoms with Crippen LogP contribution in [0.5, 0.6) is 0 Å². The number of H-pyrrole nitrogens is 1. The van der Waals surface area contributed by atoms with E-state index in [0.717, 1.165) is 42.9 Å². The van der Waals surface area contributed by atoms with Gasteiger partial charge in [0.25, 0.3) is 5.91 Å². The number of amides is 1. The molecule has 0 atom stereocenters. The minimum Gasteiger partial charge on any atom is -0.369 e. The van der Waals surface area contributed by atoms with Crippen molar-refractivity contribution >= 4 is 23.2 Å². The third-order valence-corrected chi connectivity index (χ3v) is 7.05. The number of hydrogen-bond acceptors (Lipinski definition) is 5. The molecule has 2 aromatic heterocycles. The molecule has 1 aliphatic rings. The van der Waals surface area contributed by atoms with E-state index in [0.29, 0.717) is 39.1 Å². The monoisotopic (exact) mass is 524 g/mol. The fraction of sp³-hybridized carbons (Fsp3) is 0.233. The van der Waals surface area contributed by atoms with Gasteiger partial charge in [0.1, 0.15) is 5.82 Å². The molecule has 0 radical (unpaired) electrons. The normalized spacial score (nSPS) is 13.7. The minimum absolute atomic E-state index is 0.309. The first-order chi connectivity index (χ1) is 18.3. The van der Waals surface area contributed by atoms with Crippen molar-refractivity contribution in [3.63, 3.8) is 0 Å². The summed E-state index contributed by atoms with van der Waals surface area (Å²) in [5.74, 6) is 6.49. The maximum absolute atomic E-state index is 12.8. The number of carbonyl (C=O) groups excluding carboxylic acids is 1. The number of nitrogens with two attached hydrogens (primary N) is 1. The second-order valence-corrected chi connectivity index (χ2v) is 9.96. The van der Waals surface area contributed by atoms with Gasteiger partial charge in [-0.1, -0.05) is 29.5 Å². The highest BCUT2D eigenvalue weighted by Gasteiger charge is 2.24. The van der Waals surface area contributed by atoms with Crippen molar-refractivity contribution in [3.05, 3.63) is 87.8 Å². The Morgan fingerprint density at radius 1 is 1.00 bits per heavy atom. The number of rotatable bonds is 4. The molecule has 0 aliphatic carbocycles. The largest absolute Gasteiger partial charge is 0.369 e. The van der Waals surface area contributed by atoms with E-state index >= 15 is 0 Å². The SMILES string of the molecule is Cc1nccc(-c2[nH]c(-c3cc(Cl)ccc3C)c(C(N)=O)c2C#Cc2ccc(N3CCN(C)CC3)cc2)n1. The van der Waals surface area contributed by atoms with Gasteiger partial charge in [-0.05, 0) is 68.9 Å². The maximum Gasteiger partial charge on any atom is 0.252 e. The number of piperazine rings is 1. The zero-order valence-corrected chi connectivity index (χ0v) is 22.4. The Labute approximate surface area is 227 Å². The second-order valence-electron chi connectivity index (χ2n) is 9.52. The average molecular weight is 525 g/mol. The van der Waals surface area contributed by atoms with E-state index in [1.165, 1.54) is 5.69 Å². The van der Waals surface area contributed by atoms with Gasteiger partial charge in [-0.15, -0.1) is 0 Å². The van der Waals surface area contributed by atoms with Crippen LogP contribution in [0.25, 0.3) is 22.6 Å². The zero-order valence-electron chi connectivity index (χ0n) is 21.7. The summed E-state index contributed by atoms with van der Waals surface area (Å²) in [6, 6.07) is 15.5. The number of halogens is 1. The van der Waals surface area contributed by atoms with E-state index in [1.54, 1.807) is 12.3 Å². The molecule has 0 bridgehead atoms. The average Bonchev–Trinajstić information content (AvgIpc) is 3.29. The molecule has 1 aliphatic heterocycles. The number of carbonyl (C=O) groups is 1. The zero-order chi connectivity index (χ0) is 26.8. The third kappa shape index (κ3) is 5.28. The Hall–Kier alpha value is -4.12. The van der Waals surface area contributed by atoms with Crippen molar-refractivity contribution in [2.24, 2.45) is 5.73 Å². The van der Waals surface area contributed by atoms with Gasteiger partial charge in [-0.2, -0.15) is 0 Å². The fourth-order valence-corrected chi connectivity index (χ4v) is 4.85. The Balaban J connectivity index is 1.60. The van der Waals surface area contributed by atoms with Crippen molar-refractivity contribution in [1.29, 1.82) is 0 Å². The van der Waals surface area contributed by atoms with Crippen LogP contribution in [0, 0.1) is 25.7 Å². The van der Waals surface area contributed by atoms with Crippen LogP contribution in [-0.4, -0.2) is 59.0 Å². The lowest BCUT2D eigenvalue weighted by molar-refractivity contribution is 0.100. The van der Waals surface area contributed by atoms with Crippen molar-refractivity contribution in [2.45, 2.75) is 13.8 Å². The molecule has 5 rings (SSSR count). The number of aromatic nitrogens is 3. The van der Waals surface area contributed by atoms with Gasteiger partial charge < -0.3 is 20.5 Å². The Morgan fingerprint density at radius 2 is 1.74 bits per heavy atom. The van der Waals surface area contributed by atoms with Gasteiger partial charge in [0.15, 0.2) is 0 Å². The molecule has 3 heterocycles. The summed E-state index contributed by atoms with van der Waals surface area (Å²) in [6.07, 6.45) is 1.68. The van der Waals surface area contributed by atoms with Crippen LogP contribution >= 0.6 is 11.6 Å². The van der Waals surface area contributed by atoms with E-state index < -0.39 is 5.91 Å². The number of primary amides is 1. The molecule has 1 amide bonds. The molecule has 38 heavy (non-hydrogen) atoms. The van der Waals surface area contributed by atoms with Gasteiger partial charge in [0.2, 0.25) is 0 Å². The van der Waals surface area contributed by atoms with Crippen LogP contribution < -0.4 is 10.6 Å². The van der Waals surface area contributed by atoms with Crippen LogP contribution in [0.4, 0.5) is 5.69 Å². The van der Waals surface area contributed by atoms with Crippen LogP contribution in [0.2, 0.25) is 5.02 Å². The van der Waals surface area contributed by atoms with Crippen molar-refractivity contribution in [1.82, 2.24) is 19.9 Å². The number of benzene rings is 2. The van der Waals surface area contributed by atoms with Crippen molar-refractivity contribution in [3.8, 4) is 34.5 Å². The Bertz CT molecular complexity index is 1560. The van der Waals surface area contributed by atoms with Gasteiger partial charge in [-0.25, -0.2) is 9.97 Å². The summed E-state index contributed by atoms with van der Waals surface area (Å²) in [5.41, 5.74) is 12.3. The lowest BCUT2D eigenvalue weighted by atomic mass is 9.99. The molecule has 1 saturated heterocycles. The Kier molecular flexibility index (Phi) is 7.19. The van der Waals surface area contributed by atoms with Crippen LogP contribution in [0.15, 0.2) is 54.7 Å². The second kappa shape index (κ2) is 10.7. The molecule has 4 aromatic rings. The molecular formula is C30H29ClN6O. The lowest BCUT2D eigenvalue weighted by Crippen LogP contribution is -2.44. The van der Waals surface area contributed by atoms with Crippen LogP contribution in [-0.2, 0) is 0 Å². The highest BCUT2D eigenvalue weighted by molar-refractivity contribution is 6.31. The molecule has 2 aromatic carbocycles. The minimum atomic E-state index is -0.581.